The quantitative estimate of drug-likeness (QED) is 0.846. The first-order valence-electron chi connectivity index (χ1n) is 7.64. The van der Waals surface area contributed by atoms with Crippen molar-refractivity contribution >= 4 is 11.7 Å². The topological polar surface area (TPSA) is 47.6 Å². The molecule has 4 heteroatoms. The average molecular weight is 291 g/mol. The van der Waals surface area contributed by atoms with E-state index in [9.17, 15) is 4.79 Å². The smallest absolute Gasteiger partial charge is 0.331 e. The molecule has 0 saturated carbocycles. The molecular weight excluding hydrogens is 266 g/mol. The molecule has 4 nitrogen and oxygen atoms in total. The van der Waals surface area contributed by atoms with E-state index in [1.807, 2.05) is 25.1 Å². The Kier molecular flexibility index (Phi) is 5.23. The van der Waals surface area contributed by atoms with Gasteiger partial charge in [-0.2, -0.15) is 0 Å². The Morgan fingerprint density at radius 2 is 2.33 bits per heavy atom. The maximum Gasteiger partial charge on any atom is 0.331 e. The Hall–Kier alpha value is -1.55. The van der Waals surface area contributed by atoms with Crippen molar-refractivity contribution in [3.63, 3.8) is 0 Å². The number of esters is 1. The van der Waals surface area contributed by atoms with Crippen molar-refractivity contribution in [3.05, 3.63) is 29.8 Å². The molecule has 0 amide bonds. The van der Waals surface area contributed by atoms with E-state index in [4.69, 9.17) is 9.47 Å². The Labute approximate surface area is 126 Å². The molecule has 21 heavy (non-hydrogen) atoms. The van der Waals surface area contributed by atoms with Gasteiger partial charge < -0.3 is 14.8 Å². The molecule has 0 bridgehead atoms. The molecule has 1 aromatic carbocycles. The summed E-state index contributed by atoms with van der Waals surface area (Å²) >= 11 is 0. The van der Waals surface area contributed by atoms with E-state index in [2.05, 4.69) is 18.3 Å². The van der Waals surface area contributed by atoms with Crippen molar-refractivity contribution in [2.75, 3.05) is 19.0 Å². The minimum Gasteiger partial charge on any atom is -0.467 e. The van der Waals surface area contributed by atoms with Crippen LogP contribution in [0.3, 0.4) is 0 Å². The fourth-order valence-electron chi connectivity index (χ4n) is 3.00. The van der Waals surface area contributed by atoms with Crippen LogP contribution in [0.4, 0.5) is 5.69 Å². The number of carbonyl (C=O) groups is 1. The van der Waals surface area contributed by atoms with Gasteiger partial charge in [0.1, 0.15) is 5.54 Å². The maximum absolute atomic E-state index is 12.4. The van der Waals surface area contributed by atoms with Crippen LogP contribution in [0.25, 0.3) is 0 Å². The lowest BCUT2D eigenvalue weighted by Crippen LogP contribution is -2.53. The summed E-state index contributed by atoms with van der Waals surface area (Å²) < 4.78 is 10.8. The third-order valence-electron chi connectivity index (χ3n) is 4.05. The number of methoxy groups -OCH3 is 1. The lowest BCUT2D eigenvalue weighted by Gasteiger charge is -2.40. The van der Waals surface area contributed by atoms with E-state index < -0.39 is 5.54 Å². The van der Waals surface area contributed by atoms with Crippen molar-refractivity contribution in [2.24, 2.45) is 0 Å². The van der Waals surface area contributed by atoms with Gasteiger partial charge in [-0.05, 0) is 31.0 Å². The number of benzene rings is 1. The molecule has 1 heterocycles. The molecule has 2 rings (SSSR count). The zero-order valence-electron chi connectivity index (χ0n) is 13.1. The number of anilines is 1. The molecule has 1 fully saturated rings. The summed E-state index contributed by atoms with van der Waals surface area (Å²) in [6.07, 6.45) is 3.41. The van der Waals surface area contributed by atoms with Crippen molar-refractivity contribution in [1.29, 1.82) is 0 Å². The second-order valence-corrected chi connectivity index (χ2v) is 5.80. The Morgan fingerprint density at radius 1 is 1.52 bits per heavy atom. The highest BCUT2D eigenvalue weighted by Gasteiger charge is 2.44. The largest absolute Gasteiger partial charge is 0.467 e. The number of hydrogen-bond donors (Lipinski definition) is 1. The summed E-state index contributed by atoms with van der Waals surface area (Å²) in [5.74, 6) is -0.201. The maximum atomic E-state index is 12.4. The fourth-order valence-corrected chi connectivity index (χ4v) is 3.00. The number of rotatable bonds is 5. The molecule has 0 radical (unpaired) electrons. The van der Waals surface area contributed by atoms with E-state index in [-0.39, 0.29) is 12.1 Å². The van der Waals surface area contributed by atoms with Gasteiger partial charge in [0.2, 0.25) is 0 Å². The van der Waals surface area contributed by atoms with Crippen LogP contribution in [0.15, 0.2) is 24.3 Å². The second-order valence-electron chi connectivity index (χ2n) is 5.80. The normalized spacial score (nSPS) is 25.4. The summed E-state index contributed by atoms with van der Waals surface area (Å²) in [6.45, 7) is 4.75. The Morgan fingerprint density at radius 3 is 3.00 bits per heavy atom. The number of ether oxygens (including phenoxy) is 2. The SMILES string of the molecule is CCCC1CC(Nc2cccc(C)c2)(C(=O)OC)CCO1. The highest BCUT2D eigenvalue weighted by Crippen LogP contribution is 2.32. The van der Waals surface area contributed by atoms with Crippen LogP contribution in [0.1, 0.15) is 38.2 Å². The molecule has 116 valence electrons. The summed E-state index contributed by atoms with van der Waals surface area (Å²) in [6, 6.07) is 8.07. The van der Waals surface area contributed by atoms with Gasteiger partial charge in [0, 0.05) is 25.1 Å². The van der Waals surface area contributed by atoms with Crippen LogP contribution in [0.5, 0.6) is 0 Å². The molecule has 1 aromatic rings. The third-order valence-corrected chi connectivity index (χ3v) is 4.05. The molecule has 0 aromatic heterocycles. The van der Waals surface area contributed by atoms with E-state index in [1.165, 1.54) is 7.11 Å². The van der Waals surface area contributed by atoms with Gasteiger partial charge in [0.25, 0.3) is 0 Å². The highest BCUT2D eigenvalue weighted by atomic mass is 16.5. The average Bonchev–Trinajstić information content (AvgIpc) is 2.47. The first kappa shape index (κ1) is 15.8. The van der Waals surface area contributed by atoms with Gasteiger partial charge in [0.05, 0.1) is 13.2 Å². The van der Waals surface area contributed by atoms with E-state index in [1.54, 1.807) is 0 Å². The summed E-state index contributed by atoms with van der Waals surface area (Å²) in [5.41, 5.74) is 1.44. The minimum atomic E-state index is -0.680. The zero-order valence-corrected chi connectivity index (χ0v) is 13.1. The standard InChI is InChI=1S/C17H25NO3/c1-4-6-15-12-17(9-10-21-15,16(19)20-3)18-14-8-5-7-13(2)11-14/h5,7-8,11,15,18H,4,6,9-10,12H2,1-3H3. The predicted molar refractivity (Wildman–Crippen MR) is 83.4 cm³/mol. The van der Waals surface area contributed by atoms with Crippen LogP contribution in [0.2, 0.25) is 0 Å². The summed E-state index contributed by atoms with van der Waals surface area (Å²) in [7, 11) is 1.45. The van der Waals surface area contributed by atoms with Crippen LogP contribution in [0, 0.1) is 6.92 Å². The van der Waals surface area contributed by atoms with Crippen molar-refractivity contribution < 1.29 is 14.3 Å². The third kappa shape index (κ3) is 3.76. The number of aryl methyl sites for hydroxylation is 1. The van der Waals surface area contributed by atoms with E-state index in [0.29, 0.717) is 19.4 Å². The number of nitrogens with one attached hydrogen (secondary N) is 1. The van der Waals surface area contributed by atoms with Gasteiger partial charge in [-0.15, -0.1) is 0 Å². The van der Waals surface area contributed by atoms with Crippen LogP contribution in [-0.4, -0.2) is 31.3 Å². The van der Waals surface area contributed by atoms with Gasteiger partial charge >= 0.3 is 5.97 Å². The summed E-state index contributed by atoms with van der Waals surface area (Å²) in [4.78, 5) is 12.4. The molecule has 0 spiro atoms. The molecule has 2 atom stereocenters. The monoisotopic (exact) mass is 291 g/mol. The van der Waals surface area contributed by atoms with Gasteiger partial charge in [0.15, 0.2) is 0 Å². The predicted octanol–water partition coefficient (Wildman–Crippen LogP) is 3.30. The fraction of sp³-hybridized carbons (Fsp3) is 0.588. The highest BCUT2D eigenvalue weighted by molar-refractivity contribution is 5.84. The minimum absolute atomic E-state index is 0.111. The molecule has 2 unspecified atom stereocenters. The molecule has 1 aliphatic rings. The lowest BCUT2D eigenvalue weighted by molar-refractivity contribution is -0.151. The number of carbonyl (C=O) groups excluding carboxylic acids is 1. The molecule has 1 N–H and O–H groups in total. The van der Waals surface area contributed by atoms with Crippen molar-refractivity contribution in [3.8, 4) is 0 Å². The van der Waals surface area contributed by atoms with Gasteiger partial charge in [-0.25, -0.2) is 4.79 Å². The summed E-state index contributed by atoms with van der Waals surface area (Å²) in [5, 5.41) is 3.42. The van der Waals surface area contributed by atoms with Crippen LogP contribution >= 0.6 is 0 Å². The van der Waals surface area contributed by atoms with E-state index in [0.717, 1.165) is 24.1 Å². The van der Waals surface area contributed by atoms with Crippen LogP contribution < -0.4 is 5.32 Å². The molecule has 0 aliphatic carbocycles. The first-order chi connectivity index (χ1) is 10.1. The molecule has 1 saturated heterocycles. The first-order valence-corrected chi connectivity index (χ1v) is 7.64. The lowest BCUT2D eigenvalue weighted by atomic mass is 9.85. The van der Waals surface area contributed by atoms with Crippen molar-refractivity contribution in [2.45, 2.75) is 51.2 Å². The molecular formula is C17H25NO3. The Bertz CT molecular complexity index is 487. The number of hydrogen-bond acceptors (Lipinski definition) is 4. The molecule has 1 aliphatic heterocycles. The van der Waals surface area contributed by atoms with Crippen molar-refractivity contribution in [1.82, 2.24) is 0 Å². The van der Waals surface area contributed by atoms with E-state index >= 15 is 0 Å². The van der Waals surface area contributed by atoms with Gasteiger partial charge in [-0.1, -0.05) is 25.5 Å². The van der Waals surface area contributed by atoms with Crippen LogP contribution in [-0.2, 0) is 14.3 Å². The second kappa shape index (κ2) is 6.94. The zero-order chi connectivity index (χ0) is 15.3. The van der Waals surface area contributed by atoms with Gasteiger partial charge in [-0.3, -0.25) is 0 Å². The Balaban J connectivity index is 2.22.